The van der Waals surface area contributed by atoms with Crippen molar-refractivity contribution < 1.29 is 13.6 Å². The van der Waals surface area contributed by atoms with E-state index in [-0.39, 0.29) is 21.1 Å². The standard InChI is InChI=1S/C13H15F2IN2O/c1-18(8-2-4-17-5-3-8)13(19)9-6-12(16)11(15)7-10(9)14/h6-8,17H,2-5H2,1H3. The lowest BCUT2D eigenvalue weighted by atomic mass is 10.0. The molecule has 1 N–H and O–H groups in total. The summed E-state index contributed by atoms with van der Waals surface area (Å²) in [6, 6.07) is 2.15. The number of rotatable bonds is 2. The summed E-state index contributed by atoms with van der Waals surface area (Å²) in [6.07, 6.45) is 1.70. The van der Waals surface area contributed by atoms with E-state index in [0.717, 1.165) is 32.0 Å². The molecule has 0 unspecified atom stereocenters. The van der Waals surface area contributed by atoms with Crippen LogP contribution < -0.4 is 5.32 Å². The first-order chi connectivity index (χ1) is 9.00. The van der Waals surface area contributed by atoms with Gasteiger partial charge in [0, 0.05) is 22.7 Å². The van der Waals surface area contributed by atoms with Crippen LogP contribution in [0.4, 0.5) is 8.78 Å². The summed E-state index contributed by atoms with van der Waals surface area (Å²) < 4.78 is 27.2. The molecule has 0 saturated carbocycles. The van der Waals surface area contributed by atoms with E-state index in [1.807, 2.05) is 0 Å². The Kier molecular flexibility index (Phi) is 4.72. The molecule has 6 heteroatoms. The maximum Gasteiger partial charge on any atom is 0.256 e. The van der Waals surface area contributed by atoms with Gasteiger partial charge in [0.05, 0.1) is 5.56 Å². The van der Waals surface area contributed by atoms with Crippen LogP contribution in [0.1, 0.15) is 23.2 Å². The maximum atomic E-state index is 13.7. The number of nitrogens with zero attached hydrogens (tertiary/aromatic N) is 1. The van der Waals surface area contributed by atoms with Crippen molar-refractivity contribution >= 4 is 28.5 Å². The van der Waals surface area contributed by atoms with Gasteiger partial charge in [0.15, 0.2) is 0 Å². The Morgan fingerprint density at radius 3 is 2.58 bits per heavy atom. The van der Waals surface area contributed by atoms with Crippen LogP contribution in [0.15, 0.2) is 12.1 Å². The molecule has 0 bridgehead atoms. The van der Waals surface area contributed by atoms with E-state index < -0.39 is 11.6 Å². The summed E-state index contributed by atoms with van der Waals surface area (Å²) in [5.74, 6) is -1.83. The lowest BCUT2D eigenvalue weighted by molar-refractivity contribution is 0.0698. The van der Waals surface area contributed by atoms with Crippen LogP contribution in [0.5, 0.6) is 0 Å². The van der Waals surface area contributed by atoms with Gasteiger partial charge in [0.25, 0.3) is 5.91 Å². The summed E-state index contributed by atoms with van der Waals surface area (Å²) >= 11 is 1.76. The fourth-order valence-electron chi connectivity index (χ4n) is 2.24. The first-order valence-electron chi connectivity index (χ1n) is 6.13. The van der Waals surface area contributed by atoms with Gasteiger partial charge in [-0.2, -0.15) is 0 Å². The second kappa shape index (κ2) is 6.13. The van der Waals surface area contributed by atoms with E-state index in [2.05, 4.69) is 5.32 Å². The highest BCUT2D eigenvalue weighted by Gasteiger charge is 2.25. The lowest BCUT2D eigenvalue weighted by Crippen LogP contribution is -2.44. The SMILES string of the molecule is CN(C(=O)c1cc(I)c(F)cc1F)C1CCNCC1. The van der Waals surface area contributed by atoms with Crippen LogP contribution in [0.2, 0.25) is 0 Å². The van der Waals surface area contributed by atoms with E-state index in [0.29, 0.717) is 0 Å². The van der Waals surface area contributed by atoms with Gasteiger partial charge in [-0.3, -0.25) is 4.79 Å². The summed E-state index contributed by atoms with van der Waals surface area (Å²) in [5, 5.41) is 3.21. The third-order valence-electron chi connectivity index (χ3n) is 3.42. The molecule has 0 radical (unpaired) electrons. The minimum atomic E-state index is -0.802. The third kappa shape index (κ3) is 3.22. The van der Waals surface area contributed by atoms with Crippen LogP contribution in [0.25, 0.3) is 0 Å². The number of amides is 1. The number of piperidine rings is 1. The molecule has 0 atom stereocenters. The molecular formula is C13H15F2IN2O. The second-order valence-electron chi connectivity index (χ2n) is 4.64. The number of hydrogen-bond donors (Lipinski definition) is 1. The highest BCUT2D eigenvalue weighted by molar-refractivity contribution is 14.1. The molecule has 0 aromatic heterocycles. The summed E-state index contributed by atoms with van der Waals surface area (Å²) in [5.41, 5.74) is -0.0631. The summed E-state index contributed by atoms with van der Waals surface area (Å²) in [4.78, 5) is 13.8. The first-order valence-corrected chi connectivity index (χ1v) is 7.21. The largest absolute Gasteiger partial charge is 0.339 e. The fraction of sp³-hybridized carbons (Fsp3) is 0.462. The molecule has 1 aliphatic heterocycles. The molecule has 1 heterocycles. The van der Waals surface area contributed by atoms with Crippen LogP contribution in [0.3, 0.4) is 0 Å². The Morgan fingerprint density at radius 2 is 1.95 bits per heavy atom. The minimum absolute atomic E-state index is 0.0631. The van der Waals surface area contributed by atoms with Crippen LogP contribution in [-0.4, -0.2) is 37.0 Å². The Bertz CT molecular complexity index is 490. The van der Waals surface area contributed by atoms with Crippen molar-refractivity contribution in [2.75, 3.05) is 20.1 Å². The number of halogens is 3. The topological polar surface area (TPSA) is 32.3 Å². The molecule has 104 valence electrons. The second-order valence-corrected chi connectivity index (χ2v) is 5.81. The molecule has 1 aromatic carbocycles. The summed E-state index contributed by atoms with van der Waals surface area (Å²) in [6.45, 7) is 1.71. The third-order valence-corrected chi connectivity index (χ3v) is 4.24. The smallest absolute Gasteiger partial charge is 0.256 e. The van der Waals surface area contributed by atoms with Gasteiger partial charge in [-0.15, -0.1) is 0 Å². The van der Waals surface area contributed by atoms with E-state index >= 15 is 0 Å². The molecule has 2 rings (SSSR count). The Hall–Kier alpha value is -0.760. The van der Waals surface area contributed by atoms with E-state index in [4.69, 9.17) is 0 Å². The van der Waals surface area contributed by atoms with Crippen molar-refractivity contribution in [3.8, 4) is 0 Å². The molecule has 0 aliphatic carbocycles. The van der Waals surface area contributed by atoms with Crippen molar-refractivity contribution in [2.24, 2.45) is 0 Å². The average molecular weight is 380 g/mol. The molecule has 1 aliphatic rings. The van der Waals surface area contributed by atoms with Gasteiger partial charge in [0.2, 0.25) is 0 Å². The van der Waals surface area contributed by atoms with Crippen molar-refractivity contribution in [3.05, 3.63) is 32.9 Å². The van der Waals surface area contributed by atoms with E-state index in [9.17, 15) is 13.6 Å². The average Bonchev–Trinajstić information content (AvgIpc) is 2.42. The minimum Gasteiger partial charge on any atom is -0.339 e. The zero-order valence-corrected chi connectivity index (χ0v) is 12.7. The highest BCUT2D eigenvalue weighted by Crippen LogP contribution is 2.20. The Labute approximate surface area is 124 Å². The Morgan fingerprint density at radius 1 is 1.32 bits per heavy atom. The molecule has 1 fully saturated rings. The number of carbonyl (C=O) groups excluding carboxylic acids is 1. The molecule has 1 aromatic rings. The molecule has 3 nitrogen and oxygen atoms in total. The molecule has 1 amide bonds. The number of benzene rings is 1. The van der Waals surface area contributed by atoms with Gasteiger partial charge in [0.1, 0.15) is 11.6 Å². The van der Waals surface area contributed by atoms with Crippen LogP contribution in [-0.2, 0) is 0 Å². The zero-order chi connectivity index (χ0) is 14.0. The van der Waals surface area contributed by atoms with Crippen molar-refractivity contribution in [2.45, 2.75) is 18.9 Å². The predicted octanol–water partition coefficient (Wildman–Crippen LogP) is 2.39. The fourth-order valence-corrected chi connectivity index (χ4v) is 2.70. The first kappa shape index (κ1) is 14.6. The molecular weight excluding hydrogens is 365 g/mol. The normalized spacial score (nSPS) is 16.4. The van der Waals surface area contributed by atoms with Gasteiger partial charge in [-0.25, -0.2) is 8.78 Å². The van der Waals surface area contributed by atoms with E-state index in [1.165, 1.54) is 6.07 Å². The predicted molar refractivity (Wildman–Crippen MR) is 77.1 cm³/mol. The molecule has 19 heavy (non-hydrogen) atoms. The number of hydrogen-bond acceptors (Lipinski definition) is 2. The van der Waals surface area contributed by atoms with Gasteiger partial charge in [-0.05, 0) is 54.6 Å². The van der Waals surface area contributed by atoms with Gasteiger partial charge < -0.3 is 10.2 Å². The maximum absolute atomic E-state index is 13.7. The quantitative estimate of drug-likeness (QED) is 0.632. The van der Waals surface area contributed by atoms with Crippen LogP contribution >= 0.6 is 22.6 Å². The summed E-state index contributed by atoms with van der Waals surface area (Å²) in [7, 11) is 1.67. The molecule has 1 saturated heterocycles. The van der Waals surface area contributed by atoms with Crippen molar-refractivity contribution in [1.29, 1.82) is 0 Å². The zero-order valence-electron chi connectivity index (χ0n) is 10.5. The van der Waals surface area contributed by atoms with Gasteiger partial charge >= 0.3 is 0 Å². The van der Waals surface area contributed by atoms with E-state index in [1.54, 1.807) is 34.5 Å². The Balaban J connectivity index is 2.21. The van der Waals surface area contributed by atoms with Crippen LogP contribution in [0, 0.1) is 15.2 Å². The van der Waals surface area contributed by atoms with Crippen molar-refractivity contribution in [3.63, 3.8) is 0 Å². The highest BCUT2D eigenvalue weighted by atomic mass is 127. The van der Waals surface area contributed by atoms with Gasteiger partial charge in [-0.1, -0.05) is 0 Å². The van der Waals surface area contributed by atoms with Crippen molar-refractivity contribution in [1.82, 2.24) is 10.2 Å². The monoisotopic (exact) mass is 380 g/mol. The lowest BCUT2D eigenvalue weighted by Gasteiger charge is -2.31. The molecule has 0 spiro atoms. The number of nitrogens with one attached hydrogen (secondary N) is 1. The number of carbonyl (C=O) groups is 1.